The van der Waals surface area contributed by atoms with Crippen LogP contribution in [0.5, 0.6) is 11.5 Å². The van der Waals surface area contributed by atoms with Gasteiger partial charge in [-0.05, 0) is 72.0 Å². The molecule has 0 aliphatic carbocycles. The number of hydrogen-bond acceptors (Lipinski definition) is 4. The summed E-state index contributed by atoms with van der Waals surface area (Å²) in [5.41, 5.74) is 2.11. The molecule has 168 valence electrons. The molecular formula is C24H20ClF3O4. The van der Waals surface area contributed by atoms with Crippen molar-refractivity contribution in [2.45, 2.75) is 19.5 Å². The molecule has 8 heteroatoms. The van der Waals surface area contributed by atoms with Crippen molar-refractivity contribution in [2.24, 2.45) is 0 Å². The number of carbonyl (C=O) groups is 1. The monoisotopic (exact) mass is 464 g/mol. The number of ether oxygens (including phenoxy) is 2. The van der Waals surface area contributed by atoms with Crippen LogP contribution in [0.25, 0.3) is 11.1 Å². The second-order valence-electron chi connectivity index (χ2n) is 7.17. The normalized spacial score (nSPS) is 11.3. The Labute approximate surface area is 188 Å². The van der Waals surface area contributed by atoms with Crippen molar-refractivity contribution in [3.63, 3.8) is 0 Å². The van der Waals surface area contributed by atoms with E-state index in [2.05, 4.69) is 4.74 Å². The molecule has 0 unspecified atom stereocenters. The number of aromatic hydroxyl groups is 1. The molecule has 1 N–H and O–H groups in total. The third kappa shape index (κ3) is 5.53. The summed E-state index contributed by atoms with van der Waals surface area (Å²) in [5.74, 6) is -0.228. The highest BCUT2D eigenvalue weighted by Crippen LogP contribution is 2.36. The molecule has 3 aromatic carbocycles. The summed E-state index contributed by atoms with van der Waals surface area (Å²) >= 11 is 6.42. The number of phenols is 1. The minimum atomic E-state index is -4.48. The van der Waals surface area contributed by atoms with E-state index in [1.165, 1.54) is 25.3 Å². The van der Waals surface area contributed by atoms with E-state index in [0.29, 0.717) is 22.8 Å². The molecule has 3 aromatic rings. The molecule has 0 aliphatic heterocycles. The van der Waals surface area contributed by atoms with Gasteiger partial charge >= 0.3 is 12.1 Å². The van der Waals surface area contributed by atoms with E-state index in [1.54, 1.807) is 24.3 Å². The van der Waals surface area contributed by atoms with E-state index in [4.69, 9.17) is 16.3 Å². The fourth-order valence-electron chi connectivity index (χ4n) is 3.24. The standard InChI is InChI=1S/C24H20ClF3O4/c1-14-8-18(32-13-23(30)31-2)12-21(25)19(14)9-15-6-7-22(29)20(10-15)16-4-3-5-17(11-16)24(26,27)28/h3-8,10-12,29H,9,13H2,1-2H3. The number of rotatable bonds is 6. The van der Waals surface area contributed by atoms with Gasteiger partial charge in [0.15, 0.2) is 6.61 Å². The van der Waals surface area contributed by atoms with E-state index >= 15 is 0 Å². The molecule has 0 fully saturated rings. The highest BCUT2D eigenvalue weighted by Gasteiger charge is 2.30. The Morgan fingerprint density at radius 3 is 2.50 bits per heavy atom. The smallest absolute Gasteiger partial charge is 0.416 e. The van der Waals surface area contributed by atoms with Gasteiger partial charge in [-0.2, -0.15) is 13.2 Å². The van der Waals surface area contributed by atoms with Gasteiger partial charge in [0, 0.05) is 10.6 Å². The van der Waals surface area contributed by atoms with E-state index in [0.717, 1.165) is 28.8 Å². The zero-order valence-electron chi connectivity index (χ0n) is 17.3. The minimum absolute atomic E-state index is 0.123. The van der Waals surface area contributed by atoms with Crippen LogP contribution >= 0.6 is 11.6 Å². The Kier molecular flexibility index (Phi) is 6.99. The number of phenolic OH excluding ortho intramolecular Hbond substituents is 1. The number of esters is 1. The molecule has 0 saturated carbocycles. The lowest BCUT2D eigenvalue weighted by Crippen LogP contribution is -2.12. The minimum Gasteiger partial charge on any atom is -0.507 e. The summed E-state index contributed by atoms with van der Waals surface area (Å²) in [6, 6.07) is 12.9. The maximum Gasteiger partial charge on any atom is 0.416 e. The Hall–Kier alpha value is -3.19. The van der Waals surface area contributed by atoms with Crippen LogP contribution in [-0.2, 0) is 22.1 Å². The first-order valence-electron chi connectivity index (χ1n) is 9.56. The summed E-state index contributed by atoms with van der Waals surface area (Å²) in [7, 11) is 1.26. The van der Waals surface area contributed by atoms with Gasteiger partial charge in [0.2, 0.25) is 0 Å². The van der Waals surface area contributed by atoms with Gasteiger partial charge in [0.05, 0.1) is 12.7 Å². The average molecular weight is 465 g/mol. The lowest BCUT2D eigenvalue weighted by molar-refractivity contribution is -0.143. The van der Waals surface area contributed by atoms with Gasteiger partial charge in [-0.25, -0.2) is 4.79 Å². The Balaban J connectivity index is 1.89. The fraction of sp³-hybridized carbons (Fsp3) is 0.208. The number of carbonyl (C=O) groups excluding carboxylic acids is 1. The highest BCUT2D eigenvalue weighted by molar-refractivity contribution is 6.31. The Morgan fingerprint density at radius 1 is 1.09 bits per heavy atom. The van der Waals surface area contributed by atoms with Gasteiger partial charge in [0.25, 0.3) is 0 Å². The molecule has 0 radical (unpaired) electrons. The van der Waals surface area contributed by atoms with Crippen molar-refractivity contribution in [3.8, 4) is 22.6 Å². The molecule has 0 spiro atoms. The van der Waals surface area contributed by atoms with Crippen LogP contribution in [0, 0.1) is 6.92 Å². The maximum atomic E-state index is 13.1. The number of benzene rings is 3. The Morgan fingerprint density at radius 2 is 1.84 bits per heavy atom. The molecule has 0 amide bonds. The predicted molar refractivity (Wildman–Crippen MR) is 115 cm³/mol. The van der Waals surface area contributed by atoms with E-state index in [9.17, 15) is 23.1 Å². The van der Waals surface area contributed by atoms with Crippen molar-refractivity contribution in [1.29, 1.82) is 0 Å². The van der Waals surface area contributed by atoms with Gasteiger partial charge in [-0.3, -0.25) is 0 Å². The first-order chi connectivity index (χ1) is 15.1. The molecule has 4 nitrogen and oxygen atoms in total. The summed E-state index contributed by atoms with van der Waals surface area (Å²) in [6.07, 6.45) is -4.10. The maximum absolute atomic E-state index is 13.1. The van der Waals surface area contributed by atoms with Crippen molar-refractivity contribution >= 4 is 17.6 Å². The second-order valence-corrected chi connectivity index (χ2v) is 7.58. The molecule has 0 saturated heterocycles. The number of aryl methyl sites for hydroxylation is 1. The van der Waals surface area contributed by atoms with Crippen LogP contribution < -0.4 is 4.74 Å². The summed E-state index contributed by atoms with van der Waals surface area (Å²) in [6.45, 7) is 1.59. The van der Waals surface area contributed by atoms with Gasteiger partial charge in [-0.15, -0.1) is 0 Å². The van der Waals surface area contributed by atoms with Crippen LogP contribution in [0.1, 0.15) is 22.3 Å². The van der Waals surface area contributed by atoms with Gasteiger partial charge in [0.1, 0.15) is 11.5 Å². The van der Waals surface area contributed by atoms with E-state index in [-0.39, 0.29) is 17.9 Å². The van der Waals surface area contributed by atoms with Crippen LogP contribution in [-0.4, -0.2) is 24.8 Å². The van der Waals surface area contributed by atoms with E-state index < -0.39 is 17.7 Å². The molecule has 0 atom stereocenters. The van der Waals surface area contributed by atoms with Crippen molar-refractivity contribution in [2.75, 3.05) is 13.7 Å². The molecule has 3 rings (SSSR count). The van der Waals surface area contributed by atoms with Gasteiger partial charge in [-0.1, -0.05) is 29.8 Å². The number of methoxy groups -OCH3 is 1. The van der Waals surface area contributed by atoms with Crippen LogP contribution in [0.15, 0.2) is 54.6 Å². The molecule has 0 bridgehead atoms. The number of alkyl halides is 3. The summed E-state index contributed by atoms with van der Waals surface area (Å²) in [4.78, 5) is 11.3. The molecule has 0 aliphatic rings. The fourth-order valence-corrected chi connectivity index (χ4v) is 3.57. The highest BCUT2D eigenvalue weighted by atomic mass is 35.5. The van der Waals surface area contributed by atoms with Crippen molar-refractivity contribution in [3.05, 3.63) is 81.9 Å². The number of hydrogen-bond donors (Lipinski definition) is 1. The molecule has 0 aromatic heterocycles. The zero-order valence-corrected chi connectivity index (χ0v) is 18.1. The first kappa shape index (κ1) is 23.5. The van der Waals surface area contributed by atoms with Crippen LogP contribution in [0.2, 0.25) is 5.02 Å². The van der Waals surface area contributed by atoms with Crippen molar-refractivity contribution < 1.29 is 32.5 Å². The van der Waals surface area contributed by atoms with E-state index in [1.807, 2.05) is 6.92 Å². The summed E-state index contributed by atoms with van der Waals surface area (Å²) in [5, 5.41) is 10.7. The molecule has 0 heterocycles. The SMILES string of the molecule is COC(=O)COc1cc(C)c(Cc2ccc(O)c(-c3cccc(C(F)(F)F)c3)c2)c(Cl)c1. The number of halogens is 4. The lowest BCUT2D eigenvalue weighted by Gasteiger charge is -2.14. The quantitative estimate of drug-likeness (QED) is 0.442. The predicted octanol–water partition coefficient (Wildman–Crippen LogP) is 6.18. The Bertz CT molecular complexity index is 1120. The lowest BCUT2D eigenvalue weighted by atomic mass is 9.95. The topological polar surface area (TPSA) is 55.8 Å². The third-order valence-corrected chi connectivity index (χ3v) is 5.26. The second kappa shape index (κ2) is 9.53. The summed E-state index contributed by atoms with van der Waals surface area (Å²) < 4.78 is 49.1. The zero-order chi connectivity index (χ0) is 23.5. The van der Waals surface area contributed by atoms with Crippen molar-refractivity contribution in [1.82, 2.24) is 0 Å². The third-order valence-electron chi connectivity index (χ3n) is 4.92. The van der Waals surface area contributed by atoms with Crippen LogP contribution in [0.3, 0.4) is 0 Å². The molecule has 32 heavy (non-hydrogen) atoms. The average Bonchev–Trinajstić information content (AvgIpc) is 2.75. The van der Waals surface area contributed by atoms with Crippen LogP contribution in [0.4, 0.5) is 13.2 Å². The van der Waals surface area contributed by atoms with Gasteiger partial charge < -0.3 is 14.6 Å². The largest absolute Gasteiger partial charge is 0.507 e. The first-order valence-corrected chi connectivity index (χ1v) is 9.94. The molecular weight excluding hydrogens is 445 g/mol.